The zero-order valence-corrected chi connectivity index (χ0v) is 20.2. The van der Waals surface area contributed by atoms with Gasteiger partial charge in [-0.05, 0) is 116 Å². The summed E-state index contributed by atoms with van der Waals surface area (Å²) < 4.78 is 0. The maximum Gasteiger partial charge on any atom is 0.219 e. The van der Waals surface area contributed by atoms with Gasteiger partial charge >= 0.3 is 0 Å². The Bertz CT molecular complexity index is 906. The van der Waals surface area contributed by atoms with Crippen molar-refractivity contribution < 1.29 is 4.79 Å². The van der Waals surface area contributed by atoms with Crippen LogP contribution in [0.15, 0.2) is 24.5 Å². The SMILES string of the molecule is CC(=O)N(C)C1CC[C@@]2(C)C(CC[C@@H]3[C@@H]2CC[C@]2(C)C(c4cncc(C)c4)=CC[C@@H]32)C1. The molecule has 31 heavy (non-hydrogen) atoms. The fourth-order valence-corrected chi connectivity index (χ4v) is 8.56. The topological polar surface area (TPSA) is 33.2 Å². The Kier molecular flexibility index (Phi) is 5.10. The molecule has 4 aliphatic carbocycles. The summed E-state index contributed by atoms with van der Waals surface area (Å²) in [5.74, 6) is 3.52. The summed E-state index contributed by atoms with van der Waals surface area (Å²) in [6.45, 7) is 9.06. The van der Waals surface area contributed by atoms with Gasteiger partial charge in [0.15, 0.2) is 0 Å². The van der Waals surface area contributed by atoms with E-state index in [1.165, 1.54) is 62.5 Å². The molecule has 0 N–H and O–H groups in total. The summed E-state index contributed by atoms with van der Waals surface area (Å²) in [5, 5.41) is 0. The lowest BCUT2D eigenvalue weighted by Crippen LogP contribution is -2.55. The molecule has 2 unspecified atom stereocenters. The highest BCUT2D eigenvalue weighted by molar-refractivity contribution is 5.73. The first-order valence-corrected chi connectivity index (χ1v) is 12.6. The number of carbonyl (C=O) groups is 1. The van der Waals surface area contributed by atoms with Crippen LogP contribution in [-0.4, -0.2) is 28.9 Å². The molecule has 0 spiro atoms. The predicted molar refractivity (Wildman–Crippen MR) is 126 cm³/mol. The first-order valence-electron chi connectivity index (χ1n) is 12.6. The fraction of sp³-hybridized carbons (Fsp3) is 0.714. The summed E-state index contributed by atoms with van der Waals surface area (Å²) in [7, 11) is 2.01. The van der Waals surface area contributed by atoms with Crippen molar-refractivity contribution in [2.75, 3.05) is 7.05 Å². The molecule has 1 amide bonds. The molecule has 0 saturated heterocycles. The minimum Gasteiger partial charge on any atom is -0.343 e. The van der Waals surface area contributed by atoms with E-state index < -0.39 is 0 Å². The standard InChI is InChI=1S/C28H40N2O/c1-18-14-20(17-29-16-18)24-8-9-25-23-7-6-21-15-22(30(5)19(2)31)10-12-27(21,3)26(23)11-13-28(24,25)4/h8,14,16-17,21-23,25-26H,6-7,9-13,15H2,1-5H3/t21?,22?,23-,25-,26-,27-,28+/m0/s1. The highest BCUT2D eigenvalue weighted by Gasteiger charge is 2.58. The molecule has 0 aromatic carbocycles. The van der Waals surface area contributed by atoms with Crippen LogP contribution >= 0.6 is 0 Å². The summed E-state index contributed by atoms with van der Waals surface area (Å²) in [4.78, 5) is 18.5. The van der Waals surface area contributed by atoms with E-state index in [0.717, 1.165) is 23.7 Å². The molecule has 0 bridgehead atoms. The Hall–Kier alpha value is -1.64. The Morgan fingerprint density at radius 2 is 1.90 bits per heavy atom. The van der Waals surface area contributed by atoms with Crippen LogP contribution in [0.4, 0.5) is 0 Å². The number of nitrogens with zero attached hydrogens (tertiary/aromatic N) is 2. The van der Waals surface area contributed by atoms with Crippen LogP contribution in [0, 0.1) is 41.4 Å². The Balaban J connectivity index is 1.37. The summed E-state index contributed by atoms with van der Waals surface area (Å²) in [6.07, 6.45) is 17.0. The predicted octanol–water partition coefficient (Wildman–Crippen LogP) is 6.27. The molecule has 3 fully saturated rings. The smallest absolute Gasteiger partial charge is 0.219 e. The third-order valence-corrected chi connectivity index (χ3v) is 10.4. The van der Waals surface area contributed by atoms with Crippen LogP contribution in [-0.2, 0) is 4.79 Å². The van der Waals surface area contributed by atoms with Crippen LogP contribution < -0.4 is 0 Å². The molecule has 3 saturated carbocycles. The van der Waals surface area contributed by atoms with Crippen LogP contribution in [0.2, 0.25) is 0 Å². The van der Waals surface area contributed by atoms with Crippen molar-refractivity contribution in [3.8, 4) is 0 Å². The molecule has 1 heterocycles. The van der Waals surface area contributed by atoms with Crippen LogP contribution in [0.5, 0.6) is 0 Å². The number of fused-ring (bicyclic) bond motifs is 5. The molecular weight excluding hydrogens is 380 g/mol. The van der Waals surface area contributed by atoms with Crippen molar-refractivity contribution in [3.05, 3.63) is 35.7 Å². The van der Waals surface area contributed by atoms with Crippen LogP contribution in [0.25, 0.3) is 5.57 Å². The second kappa shape index (κ2) is 7.46. The minimum absolute atomic E-state index is 0.228. The average Bonchev–Trinajstić information content (AvgIpc) is 3.10. The quantitative estimate of drug-likeness (QED) is 0.565. The highest BCUT2D eigenvalue weighted by atomic mass is 16.2. The van der Waals surface area contributed by atoms with Gasteiger partial charge in [-0.1, -0.05) is 19.9 Å². The third-order valence-electron chi connectivity index (χ3n) is 10.4. The van der Waals surface area contributed by atoms with Gasteiger partial charge in [-0.15, -0.1) is 0 Å². The van der Waals surface area contributed by atoms with Crippen LogP contribution in [0.3, 0.4) is 0 Å². The van der Waals surface area contributed by atoms with E-state index >= 15 is 0 Å². The van der Waals surface area contributed by atoms with Gasteiger partial charge in [-0.25, -0.2) is 0 Å². The van der Waals surface area contributed by atoms with Gasteiger partial charge in [-0.3, -0.25) is 9.78 Å². The van der Waals surface area contributed by atoms with E-state index in [4.69, 9.17) is 0 Å². The number of hydrogen-bond donors (Lipinski definition) is 0. The average molecular weight is 421 g/mol. The molecule has 1 aromatic rings. The number of rotatable bonds is 2. The van der Waals surface area contributed by atoms with E-state index in [9.17, 15) is 4.79 Å². The van der Waals surface area contributed by atoms with E-state index in [1.54, 1.807) is 12.5 Å². The number of carbonyl (C=O) groups excluding carboxylic acids is 1. The second-order valence-corrected chi connectivity index (χ2v) is 11.8. The summed E-state index contributed by atoms with van der Waals surface area (Å²) in [6, 6.07) is 2.79. The lowest BCUT2D eigenvalue weighted by molar-refractivity contribution is -0.136. The van der Waals surface area contributed by atoms with Crippen molar-refractivity contribution in [2.45, 2.75) is 85.1 Å². The molecule has 4 aliphatic rings. The second-order valence-electron chi connectivity index (χ2n) is 11.8. The normalized spacial score (nSPS) is 41.6. The molecule has 168 valence electrons. The van der Waals surface area contributed by atoms with Crippen LogP contribution in [0.1, 0.15) is 83.3 Å². The first-order chi connectivity index (χ1) is 14.7. The van der Waals surface area contributed by atoms with Crippen molar-refractivity contribution in [3.63, 3.8) is 0 Å². The number of amides is 1. The number of hydrogen-bond acceptors (Lipinski definition) is 2. The highest BCUT2D eigenvalue weighted by Crippen LogP contribution is 2.67. The number of aromatic nitrogens is 1. The zero-order valence-electron chi connectivity index (χ0n) is 20.2. The Labute approximate surface area is 188 Å². The lowest BCUT2D eigenvalue weighted by atomic mass is 9.44. The minimum atomic E-state index is 0.228. The number of pyridine rings is 1. The number of aryl methyl sites for hydroxylation is 1. The summed E-state index contributed by atoms with van der Waals surface area (Å²) in [5.41, 5.74) is 4.97. The van der Waals surface area contributed by atoms with Gasteiger partial charge in [0.25, 0.3) is 0 Å². The largest absolute Gasteiger partial charge is 0.343 e. The van der Waals surface area contributed by atoms with Gasteiger partial charge in [0, 0.05) is 32.4 Å². The number of allylic oxidation sites excluding steroid dienone is 2. The molecule has 3 nitrogen and oxygen atoms in total. The third kappa shape index (κ3) is 3.21. The van der Waals surface area contributed by atoms with Crippen molar-refractivity contribution in [1.82, 2.24) is 9.88 Å². The Morgan fingerprint density at radius 1 is 1.10 bits per heavy atom. The van der Waals surface area contributed by atoms with E-state index in [-0.39, 0.29) is 5.91 Å². The summed E-state index contributed by atoms with van der Waals surface area (Å²) >= 11 is 0. The molecule has 7 atom stereocenters. The zero-order chi connectivity index (χ0) is 22.0. The molecule has 1 aromatic heterocycles. The molecule has 3 heteroatoms. The van der Waals surface area contributed by atoms with Gasteiger partial charge in [0.2, 0.25) is 5.91 Å². The first kappa shape index (κ1) is 21.2. The van der Waals surface area contributed by atoms with E-state index in [1.807, 2.05) is 18.1 Å². The van der Waals surface area contributed by atoms with Gasteiger partial charge in [-0.2, -0.15) is 0 Å². The fourth-order valence-electron chi connectivity index (χ4n) is 8.56. The lowest BCUT2D eigenvalue weighted by Gasteiger charge is -2.61. The van der Waals surface area contributed by atoms with Crippen molar-refractivity contribution in [1.29, 1.82) is 0 Å². The van der Waals surface area contributed by atoms with Crippen molar-refractivity contribution in [2.24, 2.45) is 34.5 Å². The van der Waals surface area contributed by atoms with E-state index in [2.05, 4.69) is 44.1 Å². The van der Waals surface area contributed by atoms with Gasteiger partial charge in [0.05, 0.1) is 0 Å². The molecule has 0 aliphatic heterocycles. The monoisotopic (exact) mass is 420 g/mol. The molecule has 0 radical (unpaired) electrons. The molecule has 5 rings (SSSR count). The maximum absolute atomic E-state index is 12.0. The van der Waals surface area contributed by atoms with Crippen molar-refractivity contribution >= 4 is 11.5 Å². The molecular formula is C28H40N2O. The Morgan fingerprint density at radius 3 is 2.65 bits per heavy atom. The van der Waals surface area contributed by atoms with E-state index in [0.29, 0.717) is 16.9 Å². The van der Waals surface area contributed by atoms with Gasteiger partial charge < -0.3 is 4.90 Å². The maximum atomic E-state index is 12.0. The van der Waals surface area contributed by atoms with Gasteiger partial charge in [0.1, 0.15) is 0 Å².